The Hall–Kier alpha value is -2.27. The maximum atomic E-state index is 14.1. The topological polar surface area (TPSA) is 104 Å². The maximum Gasteiger partial charge on any atom is 0.275 e. The number of benzene rings is 1. The van der Waals surface area contributed by atoms with Crippen LogP contribution >= 0.6 is 0 Å². The number of rotatable bonds is 13. The molecule has 0 saturated heterocycles. The summed E-state index contributed by atoms with van der Waals surface area (Å²) in [6.45, 7) is 4.24. The summed E-state index contributed by atoms with van der Waals surface area (Å²) in [5.41, 5.74) is 3.18. The molecule has 10 heteroatoms. The molecular weight excluding hydrogens is 386 g/mol. The molecule has 0 aliphatic carbocycles. The summed E-state index contributed by atoms with van der Waals surface area (Å²) in [5.74, 6) is -2.39. The lowest BCUT2D eigenvalue weighted by Crippen LogP contribution is -2.35. The average molecular weight is 416 g/mol. The van der Waals surface area contributed by atoms with Gasteiger partial charge in [0.15, 0.2) is 12.6 Å². The lowest BCUT2D eigenvalue weighted by Gasteiger charge is -2.19. The van der Waals surface area contributed by atoms with Crippen molar-refractivity contribution in [1.82, 2.24) is 16.1 Å². The third-order valence-corrected chi connectivity index (χ3v) is 3.57. The number of anilines is 1. The van der Waals surface area contributed by atoms with Gasteiger partial charge in [0, 0.05) is 6.54 Å². The van der Waals surface area contributed by atoms with Crippen molar-refractivity contribution in [3.8, 4) is 0 Å². The van der Waals surface area contributed by atoms with E-state index in [0.717, 1.165) is 5.56 Å². The zero-order chi connectivity index (χ0) is 21.9. The fraction of sp³-hybridized carbons (Fsp3) is 0.526. The summed E-state index contributed by atoms with van der Waals surface area (Å²) in [4.78, 5) is 17.6. The van der Waals surface area contributed by atoms with Crippen molar-refractivity contribution in [2.75, 3.05) is 38.9 Å². The fourth-order valence-corrected chi connectivity index (χ4v) is 2.24. The lowest BCUT2D eigenvalue weighted by atomic mass is 10.2. The number of hydrogen-bond donors (Lipinski definition) is 5. The van der Waals surface area contributed by atoms with E-state index in [1.165, 1.54) is 26.0 Å². The number of likely N-dealkylation sites (N-methyl/N-ethyl adjacent to an activating group) is 1. The van der Waals surface area contributed by atoms with Gasteiger partial charge in [0.1, 0.15) is 11.6 Å². The van der Waals surface area contributed by atoms with Crippen LogP contribution in [-0.2, 0) is 14.4 Å². The van der Waals surface area contributed by atoms with Crippen molar-refractivity contribution in [3.05, 3.63) is 41.0 Å². The van der Waals surface area contributed by atoms with Crippen LogP contribution in [0.4, 0.5) is 14.5 Å². The minimum atomic E-state index is -1.24. The minimum Gasteiger partial charge on any atom is -0.366 e. The monoisotopic (exact) mass is 416 g/mol. The number of amides is 1. The van der Waals surface area contributed by atoms with Crippen LogP contribution in [0.2, 0.25) is 0 Å². The number of hydrogen-bond acceptors (Lipinski definition) is 7. The second kappa shape index (κ2) is 12.3. The molecule has 0 heterocycles. The Morgan fingerprint density at radius 3 is 2.59 bits per heavy atom. The Morgan fingerprint density at radius 1 is 1.28 bits per heavy atom. The molecule has 0 atom stereocenters. The molecule has 1 amide bonds. The molecule has 0 aliphatic heterocycles. The van der Waals surface area contributed by atoms with E-state index < -0.39 is 24.3 Å². The smallest absolute Gasteiger partial charge is 0.275 e. The van der Waals surface area contributed by atoms with Gasteiger partial charge in [-0.25, -0.2) is 14.3 Å². The second-order valence-electron chi connectivity index (χ2n) is 6.73. The van der Waals surface area contributed by atoms with E-state index in [-0.39, 0.29) is 36.8 Å². The van der Waals surface area contributed by atoms with Crippen LogP contribution < -0.4 is 21.4 Å². The molecule has 0 radical (unpaired) electrons. The van der Waals surface area contributed by atoms with Gasteiger partial charge >= 0.3 is 0 Å². The quantitative estimate of drug-likeness (QED) is 0.110. The molecule has 0 aliphatic rings. The zero-order valence-electron chi connectivity index (χ0n) is 17.2. The van der Waals surface area contributed by atoms with Crippen molar-refractivity contribution >= 4 is 11.6 Å². The van der Waals surface area contributed by atoms with E-state index >= 15 is 0 Å². The average Bonchev–Trinajstić information content (AvgIpc) is 2.63. The van der Waals surface area contributed by atoms with E-state index in [0.29, 0.717) is 6.42 Å². The molecule has 29 heavy (non-hydrogen) atoms. The highest BCUT2D eigenvalue weighted by atomic mass is 19.1. The second-order valence-corrected chi connectivity index (χ2v) is 6.73. The van der Waals surface area contributed by atoms with Crippen LogP contribution in [0.15, 0.2) is 29.6 Å². The van der Waals surface area contributed by atoms with Gasteiger partial charge in [0.2, 0.25) is 0 Å². The number of halogens is 2. The standard InChI is InChI=1S/C19H30F2N4O4/c1-13-6-7-16(15(21)10-13)24-17(23-12-20)14(11-22-4)18(26)25-29-9-5-8-28-19(2,3)27/h6-7,10,22-24,27H,5,8-9,11-12H2,1-4H3,(H,25,26)/b17-14-. The Balaban J connectivity index is 2.78. The number of aliphatic hydroxyl groups is 1. The summed E-state index contributed by atoms with van der Waals surface area (Å²) in [7, 11) is 1.61. The first-order chi connectivity index (χ1) is 13.7. The van der Waals surface area contributed by atoms with Gasteiger partial charge in [-0.3, -0.25) is 9.63 Å². The highest BCUT2D eigenvalue weighted by molar-refractivity contribution is 5.94. The summed E-state index contributed by atoms with van der Waals surface area (Å²) in [5, 5.41) is 17.4. The molecule has 1 aromatic rings. The van der Waals surface area contributed by atoms with Crippen LogP contribution in [0.1, 0.15) is 25.8 Å². The zero-order valence-corrected chi connectivity index (χ0v) is 17.2. The van der Waals surface area contributed by atoms with E-state index in [1.54, 1.807) is 20.0 Å². The van der Waals surface area contributed by atoms with E-state index in [4.69, 9.17) is 9.57 Å². The highest BCUT2D eigenvalue weighted by Crippen LogP contribution is 2.18. The molecular formula is C19H30F2N4O4. The molecule has 1 rings (SSSR count). The maximum absolute atomic E-state index is 14.1. The van der Waals surface area contributed by atoms with E-state index in [9.17, 15) is 18.7 Å². The van der Waals surface area contributed by atoms with Crippen LogP contribution in [0.25, 0.3) is 0 Å². The fourth-order valence-electron chi connectivity index (χ4n) is 2.24. The van der Waals surface area contributed by atoms with Crippen molar-refractivity contribution in [2.45, 2.75) is 33.0 Å². The van der Waals surface area contributed by atoms with Crippen LogP contribution in [0.3, 0.4) is 0 Å². The lowest BCUT2D eigenvalue weighted by molar-refractivity contribution is -0.178. The normalized spacial score (nSPS) is 12.4. The van der Waals surface area contributed by atoms with Gasteiger partial charge in [0.05, 0.1) is 24.5 Å². The van der Waals surface area contributed by atoms with Gasteiger partial charge < -0.3 is 25.8 Å². The van der Waals surface area contributed by atoms with Crippen molar-refractivity contribution in [3.63, 3.8) is 0 Å². The van der Waals surface area contributed by atoms with Gasteiger partial charge in [0.25, 0.3) is 5.91 Å². The van der Waals surface area contributed by atoms with Gasteiger partial charge in [-0.05, 0) is 51.9 Å². The number of hydroxylamine groups is 1. The number of carbonyl (C=O) groups is 1. The number of ether oxygens (including phenoxy) is 1. The molecule has 8 nitrogen and oxygen atoms in total. The predicted octanol–water partition coefficient (Wildman–Crippen LogP) is 1.68. The molecule has 1 aromatic carbocycles. The molecule has 0 unspecified atom stereocenters. The largest absolute Gasteiger partial charge is 0.366 e. The van der Waals surface area contributed by atoms with Gasteiger partial charge in [-0.1, -0.05) is 6.07 Å². The molecule has 0 bridgehead atoms. The summed E-state index contributed by atoms with van der Waals surface area (Å²) >= 11 is 0. The molecule has 0 aromatic heterocycles. The number of aryl methyl sites for hydroxylation is 1. The summed E-state index contributed by atoms with van der Waals surface area (Å²) in [6.07, 6.45) is 0.428. The van der Waals surface area contributed by atoms with E-state index in [2.05, 4.69) is 21.4 Å². The summed E-state index contributed by atoms with van der Waals surface area (Å²) in [6, 6.07) is 4.51. The Kier molecular flexibility index (Phi) is 10.5. The SMILES string of the molecule is CNC/C(C(=O)NOCCCOC(C)(C)O)=C(\NCF)Nc1ccc(C)cc1F. The number of carbonyl (C=O) groups excluding carboxylic acids is 1. The molecule has 0 saturated carbocycles. The van der Waals surface area contributed by atoms with Gasteiger partial charge in [-0.15, -0.1) is 0 Å². The first-order valence-corrected chi connectivity index (χ1v) is 9.17. The van der Waals surface area contributed by atoms with Crippen LogP contribution in [0.5, 0.6) is 0 Å². The molecule has 0 spiro atoms. The van der Waals surface area contributed by atoms with E-state index in [1.807, 2.05) is 0 Å². The number of alkyl halides is 1. The molecule has 0 fully saturated rings. The number of nitrogens with one attached hydrogen (secondary N) is 4. The van der Waals surface area contributed by atoms with Gasteiger partial charge in [-0.2, -0.15) is 0 Å². The first-order valence-electron chi connectivity index (χ1n) is 9.17. The van der Waals surface area contributed by atoms with Crippen molar-refractivity contribution < 1.29 is 28.3 Å². The van der Waals surface area contributed by atoms with Crippen molar-refractivity contribution in [1.29, 1.82) is 0 Å². The first kappa shape index (κ1) is 24.8. The Morgan fingerprint density at radius 2 is 2.00 bits per heavy atom. The third kappa shape index (κ3) is 9.66. The van der Waals surface area contributed by atoms with Crippen LogP contribution in [0, 0.1) is 12.7 Å². The highest BCUT2D eigenvalue weighted by Gasteiger charge is 2.17. The van der Waals surface area contributed by atoms with Crippen molar-refractivity contribution in [2.24, 2.45) is 0 Å². The Labute approximate surface area is 169 Å². The predicted molar refractivity (Wildman–Crippen MR) is 106 cm³/mol. The van der Waals surface area contributed by atoms with Crippen LogP contribution in [-0.4, -0.2) is 50.4 Å². The molecule has 5 N–H and O–H groups in total. The minimum absolute atomic E-state index is 0.0102. The third-order valence-electron chi connectivity index (χ3n) is 3.57. The Bertz CT molecular complexity index is 693. The molecule has 164 valence electrons. The summed E-state index contributed by atoms with van der Waals surface area (Å²) < 4.78 is 32.2.